The summed E-state index contributed by atoms with van der Waals surface area (Å²) < 4.78 is 0. The monoisotopic (exact) mass is 240 g/mol. The fourth-order valence-corrected chi connectivity index (χ4v) is 1.86. The largest absolute Gasteiger partial charge is 0.389 e. The minimum atomic E-state index is -0.769. The zero-order valence-electron chi connectivity index (χ0n) is 10.6. The van der Waals surface area contributed by atoms with Crippen LogP contribution in [0, 0.1) is 11.3 Å². The van der Waals surface area contributed by atoms with Crippen molar-refractivity contribution in [1.82, 2.24) is 0 Å². The van der Waals surface area contributed by atoms with Gasteiger partial charge >= 0.3 is 0 Å². The van der Waals surface area contributed by atoms with Gasteiger partial charge in [-0.3, -0.25) is 0 Å². The van der Waals surface area contributed by atoms with Crippen LogP contribution in [0.25, 0.3) is 10.8 Å². The van der Waals surface area contributed by atoms with Gasteiger partial charge in [-0.25, -0.2) is 0 Å². The number of hydrogen-bond acceptors (Lipinski definition) is 3. The van der Waals surface area contributed by atoms with Gasteiger partial charge in [0.15, 0.2) is 0 Å². The van der Waals surface area contributed by atoms with Crippen molar-refractivity contribution < 1.29 is 5.11 Å². The average molecular weight is 240 g/mol. The third-order valence-corrected chi connectivity index (χ3v) is 2.76. The van der Waals surface area contributed by atoms with Crippen LogP contribution in [0.2, 0.25) is 0 Å². The van der Waals surface area contributed by atoms with E-state index in [0.29, 0.717) is 12.1 Å². The van der Waals surface area contributed by atoms with Crippen LogP contribution in [0.1, 0.15) is 19.4 Å². The number of nitriles is 1. The van der Waals surface area contributed by atoms with Gasteiger partial charge in [0.1, 0.15) is 0 Å². The maximum Gasteiger partial charge on any atom is 0.0998 e. The zero-order valence-corrected chi connectivity index (χ0v) is 10.6. The molecule has 2 rings (SSSR count). The third kappa shape index (κ3) is 2.61. The number of rotatable bonds is 3. The van der Waals surface area contributed by atoms with Crippen molar-refractivity contribution in [3.63, 3.8) is 0 Å². The normalized spacial score (nSPS) is 11.2. The van der Waals surface area contributed by atoms with Crippen molar-refractivity contribution in [3.8, 4) is 6.07 Å². The van der Waals surface area contributed by atoms with Crippen LogP contribution < -0.4 is 5.32 Å². The molecule has 0 unspecified atom stereocenters. The predicted molar refractivity (Wildman–Crippen MR) is 73.5 cm³/mol. The summed E-state index contributed by atoms with van der Waals surface area (Å²) in [6.45, 7) is 3.97. The van der Waals surface area contributed by atoms with Gasteiger partial charge in [0.25, 0.3) is 0 Å². The summed E-state index contributed by atoms with van der Waals surface area (Å²) in [7, 11) is 0. The summed E-state index contributed by atoms with van der Waals surface area (Å²) in [5.74, 6) is 0. The number of hydrogen-bond donors (Lipinski definition) is 2. The number of nitrogens with zero attached hydrogens (tertiary/aromatic N) is 1. The molecule has 2 aromatic rings. The van der Waals surface area contributed by atoms with Crippen molar-refractivity contribution >= 4 is 16.5 Å². The molecule has 18 heavy (non-hydrogen) atoms. The highest BCUT2D eigenvalue weighted by atomic mass is 16.3. The van der Waals surface area contributed by atoms with Crippen LogP contribution in [0.3, 0.4) is 0 Å². The van der Waals surface area contributed by atoms with Crippen LogP contribution in [0.4, 0.5) is 5.69 Å². The minimum Gasteiger partial charge on any atom is -0.389 e. The highest BCUT2D eigenvalue weighted by Crippen LogP contribution is 2.26. The van der Waals surface area contributed by atoms with E-state index in [1.165, 1.54) is 0 Å². The zero-order chi connectivity index (χ0) is 13.2. The van der Waals surface area contributed by atoms with Crippen molar-refractivity contribution in [3.05, 3.63) is 42.0 Å². The molecule has 0 amide bonds. The maximum absolute atomic E-state index is 9.74. The first-order valence-electron chi connectivity index (χ1n) is 5.89. The van der Waals surface area contributed by atoms with Crippen molar-refractivity contribution in [1.29, 1.82) is 5.26 Å². The molecule has 0 aliphatic rings. The third-order valence-electron chi connectivity index (χ3n) is 2.76. The Morgan fingerprint density at radius 2 is 1.83 bits per heavy atom. The molecule has 0 aliphatic heterocycles. The molecule has 0 saturated carbocycles. The number of aliphatic hydroxyl groups is 1. The first-order valence-corrected chi connectivity index (χ1v) is 5.89. The van der Waals surface area contributed by atoms with Gasteiger partial charge < -0.3 is 10.4 Å². The second kappa shape index (κ2) is 4.67. The van der Waals surface area contributed by atoms with Gasteiger partial charge in [0.05, 0.1) is 17.2 Å². The van der Waals surface area contributed by atoms with E-state index in [1.807, 2.05) is 30.3 Å². The molecule has 0 aliphatic carbocycles. The smallest absolute Gasteiger partial charge is 0.0998 e. The second-order valence-electron chi connectivity index (χ2n) is 4.98. The van der Waals surface area contributed by atoms with Crippen molar-refractivity contribution in [2.75, 3.05) is 11.9 Å². The Balaban J connectivity index is 2.44. The lowest BCUT2D eigenvalue weighted by atomic mass is 10.0. The summed E-state index contributed by atoms with van der Waals surface area (Å²) in [5, 5.41) is 24.0. The first kappa shape index (κ1) is 12.4. The van der Waals surface area contributed by atoms with E-state index < -0.39 is 5.60 Å². The SMILES string of the molecule is CC(C)(O)CNc1ccc(C#N)c2ccccc12. The molecule has 0 spiro atoms. The molecule has 0 fully saturated rings. The van der Waals surface area contributed by atoms with Crippen LogP contribution in [-0.2, 0) is 0 Å². The van der Waals surface area contributed by atoms with Gasteiger partial charge in [0.2, 0.25) is 0 Å². The Labute approximate surface area is 107 Å². The minimum absolute atomic E-state index is 0.461. The van der Waals surface area contributed by atoms with E-state index in [4.69, 9.17) is 5.26 Å². The molecular formula is C15H16N2O. The highest BCUT2D eigenvalue weighted by Gasteiger charge is 2.13. The number of nitrogens with one attached hydrogen (secondary N) is 1. The van der Waals surface area contributed by atoms with Crippen LogP contribution >= 0.6 is 0 Å². The van der Waals surface area contributed by atoms with E-state index in [2.05, 4.69) is 11.4 Å². The van der Waals surface area contributed by atoms with Gasteiger partial charge in [-0.15, -0.1) is 0 Å². The van der Waals surface area contributed by atoms with Crippen molar-refractivity contribution in [2.24, 2.45) is 0 Å². The number of benzene rings is 2. The Bertz CT molecular complexity index is 606. The molecular weight excluding hydrogens is 224 g/mol. The van der Waals surface area contributed by atoms with Crippen LogP contribution in [0.5, 0.6) is 0 Å². The molecule has 0 atom stereocenters. The Morgan fingerprint density at radius 3 is 2.44 bits per heavy atom. The lowest BCUT2D eigenvalue weighted by Crippen LogP contribution is -2.29. The number of anilines is 1. The molecule has 92 valence electrons. The Hall–Kier alpha value is -2.05. The van der Waals surface area contributed by atoms with Gasteiger partial charge in [-0.05, 0) is 26.0 Å². The fourth-order valence-electron chi connectivity index (χ4n) is 1.86. The molecule has 0 saturated heterocycles. The van der Waals surface area contributed by atoms with Gasteiger partial charge in [0, 0.05) is 23.0 Å². The maximum atomic E-state index is 9.74. The molecule has 0 bridgehead atoms. The summed E-state index contributed by atoms with van der Waals surface area (Å²) in [4.78, 5) is 0. The molecule has 0 heterocycles. The molecule has 3 nitrogen and oxygen atoms in total. The molecule has 2 N–H and O–H groups in total. The summed E-state index contributed by atoms with van der Waals surface area (Å²) in [6, 6.07) is 13.6. The van der Waals surface area contributed by atoms with E-state index in [-0.39, 0.29) is 0 Å². The molecule has 0 aromatic heterocycles. The van der Waals surface area contributed by atoms with Crippen LogP contribution in [-0.4, -0.2) is 17.3 Å². The van der Waals surface area contributed by atoms with Crippen molar-refractivity contribution in [2.45, 2.75) is 19.4 Å². The second-order valence-corrected chi connectivity index (χ2v) is 4.98. The lowest BCUT2D eigenvalue weighted by molar-refractivity contribution is 0.0945. The first-order chi connectivity index (χ1) is 8.51. The standard InChI is InChI=1S/C15H16N2O/c1-15(2,18)10-17-14-8-7-11(9-16)12-5-3-4-6-13(12)14/h3-8,17-18H,10H2,1-2H3. The molecule has 3 heteroatoms. The quantitative estimate of drug-likeness (QED) is 0.867. The average Bonchev–Trinajstić information content (AvgIpc) is 2.35. The lowest BCUT2D eigenvalue weighted by Gasteiger charge is -2.19. The van der Waals surface area contributed by atoms with E-state index in [0.717, 1.165) is 16.5 Å². The summed E-state index contributed by atoms with van der Waals surface area (Å²) in [5.41, 5.74) is 0.834. The van der Waals surface area contributed by atoms with Gasteiger partial charge in [-0.1, -0.05) is 24.3 Å². The van der Waals surface area contributed by atoms with E-state index in [9.17, 15) is 5.11 Å². The highest BCUT2D eigenvalue weighted by molar-refractivity contribution is 5.97. The fraction of sp³-hybridized carbons (Fsp3) is 0.267. The molecule has 0 radical (unpaired) electrons. The van der Waals surface area contributed by atoms with Crippen LogP contribution in [0.15, 0.2) is 36.4 Å². The number of fused-ring (bicyclic) bond motifs is 1. The topological polar surface area (TPSA) is 56.0 Å². The Kier molecular flexibility index (Phi) is 3.22. The predicted octanol–water partition coefficient (Wildman–Crippen LogP) is 2.89. The Morgan fingerprint density at radius 1 is 1.17 bits per heavy atom. The molecule has 2 aromatic carbocycles. The van der Waals surface area contributed by atoms with E-state index in [1.54, 1.807) is 19.9 Å². The van der Waals surface area contributed by atoms with E-state index >= 15 is 0 Å². The summed E-state index contributed by atoms with van der Waals surface area (Å²) in [6.07, 6.45) is 0. The van der Waals surface area contributed by atoms with Gasteiger partial charge in [-0.2, -0.15) is 5.26 Å². The summed E-state index contributed by atoms with van der Waals surface area (Å²) >= 11 is 0.